The number of ether oxygens (including phenoxy) is 2. The molecule has 0 unspecified atom stereocenters. The van der Waals surface area contributed by atoms with Gasteiger partial charge in [0.05, 0.1) is 19.0 Å². The number of rotatable bonds is 5. The minimum absolute atomic E-state index is 0.0901. The van der Waals surface area contributed by atoms with E-state index in [9.17, 15) is 4.79 Å². The topological polar surface area (TPSA) is 53.4 Å². The summed E-state index contributed by atoms with van der Waals surface area (Å²) >= 11 is 0. The zero-order chi connectivity index (χ0) is 19.4. The SMILES string of the molecule is COc1cn(-c2ccccc2)nc1C(=O)OCc1ccc(C(C)(C)C)cc1. The van der Waals surface area contributed by atoms with Crippen molar-refractivity contribution in [2.24, 2.45) is 0 Å². The summed E-state index contributed by atoms with van der Waals surface area (Å²) in [4.78, 5) is 12.5. The van der Waals surface area contributed by atoms with Gasteiger partial charge in [0.2, 0.25) is 5.69 Å². The average molecular weight is 364 g/mol. The number of carbonyl (C=O) groups excluding carboxylic acids is 1. The molecule has 27 heavy (non-hydrogen) atoms. The van der Waals surface area contributed by atoms with Crippen LogP contribution in [0.2, 0.25) is 0 Å². The van der Waals surface area contributed by atoms with E-state index < -0.39 is 5.97 Å². The fourth-order valence-corrected chi connectivity index (χ4v) is 2.68. The molecule has 0 saturated carbocycles. The van der Waals surface area contributed by atoms with E-state index in [1.54, 1.807) is 10.9 Å². The molecule has 0 N–H and O–H groups in total. The fourth-order valence-electron chi connectivity index (χ4n) is 2.68. The largest absolute Gasteiger partial charge is 0.493 e. The Morgan fingerprint density at radius 1 is 1.04 bits per heavy atom. The van der Waals surface area contributed by atoms with Crippen molar-refractivity contribution in [3.63, 3.8) is 0 Å². The van der Waals surface area contributed by atoms with Crippen molar-refractivity contribution in [3.05, 3.63) is 77.6 Å². The summed E-state index contributed by atoms with van der Waals surface area (Å²) in [5.41, 5.74) is 3.26. The third-order valence-corrected chi connectivity index (χ3v) is 4.30. The van der Waals surface area contributed by atoms with Crippen LogP contribution >= 0.6 is 0 Å². The van der Waals surface area contributed by atoms with Crippen molar-refractivity contribution in [3.8, 4) is 11.4 Å². The quantitative estimate of drug-likeness (QED) is 0.624. The number of para-hydroxylation sites is 1. The Hall–Kier alpha value is -3.08. The van der Waals surface area contributed by atoms with Crippen molar-refractivity contribution in [1.82, 2.24) is 9.78 Å². The summed E-state index contributed by atoms with van der Waals surface area (Å²) in [6, 6.07) is 17.6. The van der Waals surface area contributed by atoms with Crippen LogP contribution in [0.5, 0.6) is 5.75 Å². The van der Waals surface area contributed by atoms with Crippen LogP contribution in [0, 0.1) is 0 Å². The molecule has 140 valence electrons. The Kier molecular flexibility index (Phi) is 5.31. The Balaban J connectivity index is 1.72. The molecule has 0 aliphatic rings. The standard InChI is InChI=1S/C22H24N2O3/c1-22(2,3)17-12-10-16(11-13-17)15-27-21(25)20-19(26-4)14-24(23-20)18-8-6-5-7-9-18/h5-14H,15H2,1-4H3. The van der Waals surface area contributed by atoms with E-state index in [0.717, 1.165) is 11.3 Å². The highest BCUT2D eigenvalue weighted by Crippen LogP contribution is 2.23. The normalized spacial score (nSPS) is 11.3. The molecule has 5 heteroatoms. The summed E-state index contributed by atoms with van der Waals surface area (Å²) in [6.07, 6.45) is 1.67. The molecule has 1 heterocycles. The van der Waals surface area contributed by atoms with E-state index in [2.05, 4.69) is 38.0 Å². The monoisotopic (exact) mass is 364 g/mol. The van der Waals surface area contributed by atoms with Crippen LogP contribution in [-0.2, 0) is 16.8 Å². The van der Waals surface area contributed by atoms with E-state index in [-0.39, 0.29) is 17.7 Å². The summed E-state index contributed by atoms with van der Waals surface area (Å²) in [5, 5.41) is 4.33. The van der Waals surface area contributed by atoms with Gasteiger partial charge in [-0.25, -0.2) is 9.48 Å². The smallest absolute Gasteiger partial charge is 0.363 e. The molecule has 5 nitrogen and oxygen atoms in total. The molecule has 0 aliphatic carbocycles. The number of methoxy groups -OCH3 is 1. The molecule has 0 atom stereocenters. The molecular weight excluding hydrogens is 340 g/mol. The van der Waals surface area contributed by atoms with Gasteiger partial charge in [-0.05, 0) is 28.7 Å². The molecule has 0 amide bonds. The highest BCUT2D eigenvalue weighted by Gasteiger charge is 2.20. The lowest BCUT2D eigenvalue weighted by molar-refractivity contribution is 0.0461. The first-order chi connectivity index (χ1) is 12.9. The van der Waals surface area contributed by atoms with Crippen molar-refractivity contribution in [2.45, 2.75) is 32.8 Å². The number of esters is 1. The maximum Gasteiger partial charge on any atom is 0.363 e. The highest BCUT2D eigenvalue weighted by molar-refractivity contribution is 5.90. The second-order valence-corrected chi connectivity index (χ2v) is 7.35. The zero-order valence-corrected chi connectivity index (χ0v) is 16.1. The maximum atomic E-state index is 12.5. The number of aromatic nitrogens is 2. The van der Waals surface area contributed by atoms with Crippen LogP contribution in [0.4, 0.5) is 0 Å². The lowest BCUT2D eigenvalue weighted by Gasteiger charge is -2.19. The summed E-state index contributed by atoms with van der Waals surface area (Å²) in [5.74, 6) is -0.131. The third-order valence-electron chi connectivity index (χ3n) is 4.30. The first-order valence-corrected chi connectivity index (χ1v) is 8.84. The number of hydrogen-bond acceptors (Lipinski definition) is 4. The van der Waals surface area contributed by atoms with Crippen LogP contribution in [-0.4, -0.2) is 22.9 Å². The molecule has 0 bridgehead atoms. The number of carbonyl (C=O) groups is 1. The second-order valence-electron chi connectivity index (χ2n) is 7.35. The zero-order valence-electron chi connectivity index (χ0n) is 16.1. The van der Waals surface area contributed by atoms with Crippen LogP contribution in [0.25, 0.3) is 5.69 Å². The highest BCUT2D eigenvalue weighted by atomic mass is 16.5. The van der Waals surface area contributed by atoms with Crippen molar-refractivity contribution in [1.29, 1.82) is 0 Å². The van der Waals surface area contributed by atoms with E-state index >= 15 is 0 Å². The summed E-state index contributed by atoms with van der Waals surface area (Å²) in [7, 11) is 1.51. The summed E-state index contributed by atoms with van der Waals surface area (Å²) < 4.78 is 12.3. The average Bonchev–Trinajstić information content (AvgIpc) is 3.11. The molecule has 1 aromatic heterocycles. The van der Waals surface area contributed by atoms with Crippen LogP contribution in [0.1, 0.15) is 42.4 Å². The molecule has 0 aliphatic heterocycles. The van der Waals surface area contributed by atoms with Crippen LogP contribution in [0.3, 0.4) is 0 Å². The number of nitrogens with zero attached hydrogens (tertiary/aromatic N) is 2. The van der Waals surface area contributed by atoms with Gasteiger partial charge < -0.3 is 9.47 Å². The van der Waals surface area contributed by atoms with Crippen LogP contribution < -0.4 is 4.74 Å². The first kappa shape index (κ1) is 18.7. The molecule has 3 rings (SSSR count). The van der Waals surface area contributed by atoms with Gasteiger partial charge in [0.15, 0.2) is 5.75 Å². The Morgan fingerprint density at radius 3 is 2.30 bits per heavy atom. The first-order valence-electron chi connectivity index (χ1n) is 8.84. The minimum Gasteiger partial charge on any atom is -0.493 e. The Labute approximate surface area is 159 Å². The van der Waals surface area contributed by atoms with E-state index in [0.29, 0.717) is 5.75 Å². The molecule has 0 spiro atoms. The molecular formula is C22H24N2O3. The molecule has 0 saturated heterocycles. The van der Waals surface area contributed by atoms with Gasteiger partial charge in [-0.15, -0.1) is 0 Å². The third kappa shape index (κ3) is 4.37. The summed E-state index contributed by atoms with van der Waals surface area (Å²) in [6.45, 7) is 6.68. The second kappa shape index (κ2) is 7.66. The molecule has 2 aromatic carbocycles. The Morgan fingerprint density at radius 2 is 1.70 bits per heavy atom. The number of benzene rings is 2. The van der Waals surface area contributed by atoms with E-state index in [1.165, 1.54) is 12.7 Å². The van der Waals surface area contributed by atoms with Crippen molar-refractivity contribution >= 4 is 5.97 Å². The van der Waals surface area contributed by atoms with Crippen LogP contribution in [0.15, 0.2) is 60.8 Å². The lowest BCUT2D eigenvalue weighted by atomic mass is 9.87. The Bertz CT molecular complexity index is 907. The van der Waals surface area contributed by atoms with E-state index in [4.69, 9.17) is 9.47 Å². The van der Waals surface area contributed by atoms with Gasteiger partial charge in [-0.2, -0.15) is 5.10 Å². The van der Waals surface area contributed by atoms with Gasteiger partial charge in [-0.3, -0.25) is 0 Å². The predicted molar refractivity (Wildman–Crippen MR) is 104 cm³/mol. The minimum atomic E-state index is -0.513. The van der Waals surface area contributed by atoms with Gasteiger partial charge in [0.1, 0.15) is 6.61 Å². The van der Waals surface area contributed by atoms with E-state index in [1.807, 2.05) is 42.5 Å². The predicted octanol–water partition coefficient (Wildman–Crippen LogP) is 4.54. The van der Waals surface area contributed by atoms with Gasteiger partial charge >= 0.3 is 5.97 Å². The van der Waals surface area contributed by atoms with Crippen molar-refractivity contribution in [2.75, 3.05) is 7.11 Å². The van der Waals surface area contributed by atoms with Gasteiger partial charge in [-0.1, -0.05) is 63.2 Å². The van der Waals surface area contributed by atoms with Gasteiger partial charge in [0.25, 0.3) is 0 Å². The maximum absolute atomic E-state index is 12.5. The fraction of sp³-hybridized carbons (Fsp3) is 0.273. The molecule has 0 fully saturated rings. The number of hydrogen-bond donors (Lipinski definition) is 0. The van der Waals surface area contributed by atoms with Crippen molar-refractivity contribution < 1.29 is 14.3 Å². The lowest BCUT2D eigenvalue weighted by Crippen LogP contribution is -2.11. The molecule has 3 aromatic rings. The molecule has 0 radical (unpaired) electrons. The van der Waals surface area contributed by atoms with Gasteiger partial charge in [0, 0.05) is 0 Å².